The number of aliphatic carboxylic acids is 1. The smallest absolute Gasteiger partial charge is 0.304 e. The lowest BCUT2D eigenvalue weighted by Gasteiger charge is -2.22. The van der Waals surface area contributed by atoms with Gasteiger partial charge in [-0.1, -0.05) is 6.92 Å². The van der Waals surface area contributed by atoms with Crippen LogP contribution in [0.15, 0.2) is 18.5 Å². The van der Waals surface area contributed by atoms with Crippen LogP contribution in [0.25, 0.3) is 0 Å². The average Bonchev–Trinajstić information content (AvgIpc) is 2.26. The Kier molecular flexibility index (Phi) is 4.43. The fourth-order valence-electron chi connectivity index (χ4n) is 1.83. The summed E-state index contributed by atoms with van der Waals surface area (Å²) in [6, 6.07) is 1.74. The van der Waals surface area contributed by atoms with Gasteiger partial charge in [0.05, 0.1) is 6.42 Å². The molecule has 0 amide bonds. The molecule has 16 heavy (non-hydrogen) atoms. The van der Waals surface area contributed by atoms with Crippen LogP contribution in [0.2, 0.25) is 0 Å². The number of nitrogens with two attached hydrogens (primary N) is 1. The molecule has 4 heteroatoms. The number of aromatic nitrogens is 1. The van der Waals surface area contributed by atoms with Crippen molar-refractivity contribution in [2.45, 2.75) is 38.6 Å². The van der Waals surface area contributed by atoms with E-state index < -0.39 is 5.97 Å². The quantitative estimate of drug-likeness (QED) is 0.794. The maximum absolute atomic E-state index is 10.8. The van der Waals surface area contributed by atoms with Gasteiger partial charge in [-0.15, -0.1) is 0 Å². The number of rotatable bonds is 5. The molecule has 0 saturated heterocycles. The molecule has 2 unspecified atom stereocenters. The molecule has 0 saturated carbocycles. The van der Waals surface area contributed by atoms with Gasteiger partial charge in [0, 0.05) is 24.4 Å². The number of carbonyl (C=O) groups is 1. The zero-order chi connectivity index (χ0) is 12.1. The van der Waals surface area contributed by atoms with Gasteiger partial charge in [-0.2, -0.15) is 0 Å². The maximum Gasteiger partial charge on any atom is 0.304 e. The minimum Gasteiger partial charge on any atom is -0.481 e. The number of nitrogens with zero attached hydrogens (tertiary/aromatic N) is 1. The standard InChI is InChI=1S/C12H18N2O2/c1-3-11(13)9(6-12(15)16)10-7-14-5-4-8(10)2/h4-5,7,9,11H,3,6,13H2,1-2H3,(H,15,16). The summed E-state index contributed by atoms with van der Waals surface area (Å²) in [4.78, 5) is 14.9. The Labute approximate surface area is 95.5 Å². The van der Waals surface area contributed by atoms with Gasteiger partial charge in [0.15, 0.2) is 0 Å². The lowest BCUT2D eigenvalue weighted by molar-refractivity contribution is -0.137. The molecule has 4 nitrogen and oxygen atoms in total. The molecule has 2 atom stereocenters. The highest BCUT2D eigenvalue weighted by atomic mass is 16.4. The van der Waals surface area contributed by atoms with Crippen molar-refractivity contribution in [1.29, 1.82) is 0 Å². The van der Waals surface area contributed by atoms with Crippen LogP contribution in [0.5, 0.6) is 0 Å². The Morgan fingerprint density at radius 2 is 2.31 bits per heavy atom. The molecule has 1 aromatic heterocycles. The van der Waals surface area contributed by atoms with Crippen LogP contribution in [0.3, 0.4) is 0 Å². The topological polar surface area (TPSA) is 76.2 Å². The molecule has 0 aliphatic carbocycles. The molecule has 0 radical (unpaired) electrons. The second-order valence-corrected chi connectivity index (χ2v) is 4.01. The summed E-state index contributed by atoms with van der Waals surface area (Å²) in [5, 5.41) is 8.90. The number of aryl methyl sites for hydroxylation is 1. The SMILES string of the molecule is CCC(N)C(CC(=O)O)c1cnccc1C. The Hall–Kier alpha value is -1.42. The summed E-state index contributed by atoms with van der Waals surface area (Å²) >= 11 is 0. The minimum absolute atomic E-state index is 0.0571. The summed E-state index contributed by atoms with van der Waals surface area (Å²) < 4.78 is 0. The third-order valence-corrected chi connectivity index (χ3v) is 2.86. The normalized spacial score (nSPS) is 14.4. The Morgan fingerprint density at radius 3 is 2.81 bits per heavy atom. The van der Waals surface area contributed by atoms with Crippen LogP contribution in [0, 0.1) is 6.92 Å². The molecule has 0 aromatic carbocycles. The summed E-state index contributed by atoms with van der Waals surface area (Å²) in [5.74, 6) is -0.978. The molecule has 3 N–H and O–H groups in total. The second kappa shape index (κ2) is 5.61. The van der Waals surface area contributed by atoms with Gasteiger partial charge < -0.3 is 10.8 Å². The summed E-state index contributed by atoms with van der Waals surface area (Å²) in [5.41, 5.74) is 7.97. The van der Waals surface area contributed by atoms with Crippen molar-refractivity contribution < 1.29 is 9.90 Å². The summed E-state index contributed by atoms with van der Waals surface area (Å²) in [7, 11) is 0. The van der Waals surface area contributed by atoms with Gasteiger partial charge >= 0.3 is 5.97 Å². The van der Waals surface area contributed by atoms with E-state index in [4.69, 9.17) is 10.8 Å². The Morgan fingerprint density at radius 1 is 1.62 bits per heavy atom. The van der Waals surface area contributed by atoms with Crippen LogP contribution < -0.4 is 5.73 Å². The van der Waals surface area contributed by atoms with Crippen LogP contribution in [0.4, 0.5) is 0 Å². The first kappa shape index (κ1) is 12.6. The highest BCUT2D eigenvalue weighted by molar-refractivity contribution is 5.68. The van der Waals surface area contributed by atoms with E-state index in [1.54, 1.807) is 12.4 Å². The van der Waals surface area contributed by atoms with E-state index in [1.165, 1.54) is 0 Å². The number of hydrogen-bond acceptors (Lipinski definition) is 3. The fourth-order valence-corrected chi connectivity index (χ4v) is 1.83. The van der Waals surface area contributed by atoms with Crippen LogP contribution >= 0.6 is 0 Å². The monoisotopic (exact) mass is 222 g/mol. The second-order valence-electron chi connectivity index (χ2n) is 4.01. The Bertz CT molecular complexity index is 366. The molecule has 0 aliphatic heterocycles. The van der Waals surface area contributed by atoms with Gasteiger partial charge in [-0.3, -0.25) is 9.78 Å². The van der Waals surface area contributed by atoms with Gasteiger partial charge in [0.25, 0.3) is 0 Å². The van der Waals surface area contributed by atoms with Crippen molar-refractivity contribution in [1.82, 2.24) is 4.98 Å². The van der Waals surface area contributed by atoms with E-state index in [0.717, 1.165) is 17.5 Å². The van der Waals surface area contributed by atoms with Crippen LogP contribution in [-0.2, 0) is 4.79 Å². The highest BCUT2D eigenvalue weighted by Crippen LogP contribution is 2.26. The first-order valence-corrected chi connectivity index (χ1v) is 5.44. The molecule has 0 aliphatic rings. The van der Waals surface area contributed by atoms with E-state index >= 15 is 0 Å². The summed E-state index contributed by atoms with van der Waals surface area (Å²) in [6.45, 7) is 3.92. The fraction of sp³-hybridized carbons (Fsp3) is 0.500. The number of carboxylic acids is 1. The van der Waals surface area contributed by atoms with Crippen LogP contribution in [-0.4, -0.2) is 22.1 Å². The predicted molar refractivity (Wildman–Crippen MR) is 62.2 cm³/mol. The molecule has 0 bridgehead atoms. The third kappa shape index (κ3) is 3.03. The van der Waals surface area contributed by atoms with E-state index in [1.807, 2.05) is 19.9 Å². The van der Waals surface area contributed by atoms with Gasteiger partial charge in [0.2, 0.25) is 0 Å². The molecule has 0 fully saturated rings. The lowest BCUT2D eigenvalue weighted by Crippen LogP contribution is -2.30. The first-order valence-electron chi connectivity index (χ1n) is 5.44. The third-order valence-electron chi connectivity index (χ3n) is 2.86. The van der Waals surface area contributed by atoms with E-state index in [2.05, 4.69) is 4.98 Å². The molecule has 1 aromatic rings. The zero-order valence-electron chi connectivity index (χ0n) is 9.68. The highest BCUT2D eigenvalue weighted by Gasteiger charge is 2.23. The van der Waals surface area contributed by atoms with Crippen molar-refractivity contribution in [3.63, 3.8) is 0 Å². The molecular formula is C12H18N2O2. The molecule has 1 heterocycles. The molecule has 0 spiro atoms. The maximum atomic E-state index is 10.8. The zero-order valence-corrected chi connectivity index (χ0v) is 9.68. The van der Waals surface area contributed by atoms with Crippen molar-refractivity contribution in [2.75, 3.05) is 0 Å². The van der Waals surface area contributed by atoms with Gasteiger partial charge in [0.1, 0.15) is 0 Å². The van der Waals surface area contributed by atoms with E-state index in [-0.39, 0.29) is 18.4 Å². The van der Waals surface area contributed by atoms with E-state index in [0.29, 0.717) is 0 Å². The molecule has 88 valence electrons. The van der Waals surface area contributed by atoms with Crippen molar-refractivity contribution >= 4 is 5.97 Å². The van der Waals surface area contributed by atoms with E-state index in [9.17, 15) is 4.79 Å². The lowest BCUT2D eigenvalue weighted by atomic mass is 9.86. The number of carboxylic acid groups (broad SMARTS) is 1. The molecule has 1 rings (SSSR count). The average molecular weight is 222 g/mol. The number of hydrogen-bond donors (Lipinski definition) is 2. The minimum atomic E-state index is -0.822. The number of pyridine rings is 1. The Balaban J connectivity index is 3.01. The van der Waals surface area contributed by atoms with Crippen molar-refractivity contribution in [3.8, 4) is 0 Å². The van der Waals surface area contributed by atoms with Crippen molar-refractivity contribution in [2.24, 2.45) is 5.73 Å². The van der Waals surface area contributed by atoms with Crippen LogP contribution in [0.1, 0.15) is 36.8 Å². The van der Waals surface area contributed by atoms with Gasteiger partial charge in [-0.05, 0) is 30.5 Å². The summed E-state index contributed by atoms with van der Waals surface area (Å²) in [6.07, 6.45) is 4.24. The molecular weight excluding hydrogens is 204 g/mol. The first-order chi connectivity index (χ1) is 7.56. The largest absolute Gasteiger partial charge is 0.481 e. The predicted octanol–water partition coefficient (Wildman–Crippen LogP) is 1.69. The van der Waals surface area contributed by atoms with Crippen molar-refractivity contribution in [3.05, 3.63) is 29.6 Å². The van der Waals surface area contributed by atoms with Gasteiger partial charge in [-0.25, -0.2) is 0 Å².